The maximum Gasteiger partial charge on any atom is 0.253 e. The number of rotatable bonds is 3. The van der Waals surface area contributed by atoms with Gasteiger partial charge in [0.1, 0.15) is 0 Å². The molecule has 1 aliphatic rings. The van der Waals surface area contributed by atoms with Crippen LogP contribution in [0.4, 0.5) is 5.13 Å². The van der Waals surface area contributed by atoms with Crippen molar-refractivity contribution in [3.8, 4) is 0 Å². The second kappa shape index (κ2) is 8.40. The third-order valence-corrected chi connectivity index (χ3v) is 7.22. The molecule has 0 atom stereocenters. The Labute approximate surface area is 192 Å². The van der Waals surface area contributed by atoms with Gasteiger partial charge in [0.15, 0.2) is 5.13 Å². The van der Waals surface area contributed by atoms with Crippen molar-refractivity contribution in [2.24, 2.45) is 5.92 Å². The molecular weight excluding hydrogens is 474 g/mol. The predicted octanol–water partition coefficient (Wildman–Crippen LogP) is 5.70. The van der Waals surface area contributed by atoms with Gasteiger partial charge in [-0.3, -0.25) is 9.59 Å². The molecule has 1 saturated heterocycles. The number of hydrogen-bond acceptors (Lipinski definition) is 4. The van der Waals surface area contributed by atoms with Crippen LogP contribution in [-0.4, -0.2) is 34.8 Å². The van der Waals surface area contributed by atoms with E-state index in [1.54, 1.807) is 0 Å². The lowest BCUT2D eigenvalue weighted by Gasteiger charge is -2.31. The van der Waals surface area contributed by atoms with E-state index < -0.39 is 0 Å². The summed E-state index contributed by atoms with van der Waals surface area (Å²) in [6, 6.07) is 19.7. The molecule has 1 aromatic heterocycles. The molecular formula is C24H20BrN3O2S. The van der Waals surface area contributed by atoms with Crippen molar-refractivity contribution in [1.82, 2.24) is 9.88 Å². The molecule has 5 nitrogen and oxygen atoms in total. The number of piperidine rings is 1. The third-order valence-electron chi connectivity index (χ3n) is 5.76. The predicted molar refractivity (Wildman–Crippen MR) is 129 cm³/mol. The lowest BCUT2D eigenvalue weighted by molar-refractivity contribution is -0.121. The fourth-order valence-corrected chi connectivity index (χ4v) is 5.19. The molecule has 2 heterocycles. The second-order valence-corrected chi connectivity index (χ2v) is 9.66. The molecule has 4 aromatic rings. The van der Waals surface area contributed by atoms with Crippen molar-refractivity contribution in [2.75, 3.05) is 18.4 Å². The van der Waals surface area contributed by atoms with Crippen LogP contribution in [0.5, 0.6) is 0 Å². The van der Waals surface area contributed by atoms with Gasteiger partial charge in [-0.05, 0) is 48.6 Å². The first kappa shape index (κ1) is 20.2. The van der Waals surface area contributed by atoms with Gasteiger partial charge in [0.25, 0.3) is 5.91 Å². The first-order valence-corrected chi connectivity index (χ1v) is 11.8. The summed E-state index contributed by atoms with van der Waals surface area (Å²) < 4.78 is 2.01. The molecule has 0 spiro atoms. The van der Waals surface area contributed by atoms with E-state index in [0.29, 0.717) is 36.6 Å². The molecule has 3 aromatic carbocycles. The highest BCUT2D eigenvalue weighted by Gasteiger charge is 2.28. The molecule has 31 heavy (non-hydrogen) atoms. The van der Waals surface area contributed by atoms with E-state index in [1.165, 1.54) is 11.3 Å². The minimum atomic E-state index is -0.113. The van der Waals surface area contributed by atoms with Gasteiger partial charge in [0.2, 0.25) is 5.91 Å². The molecule has 0 aliphatic carbocycles. The number of nitrogens with one attached hydrogen (secondary N) is 1. The average molecular weight is 494 g/mol. The van der Waals surface area contributed by atoms with E-state index in [0.717, 1.165) is 25.5 Å². The highest BCUT2D eigenvalue weighted by Crippen LogP contribution is 2.32. The highest BCUT2D eigenvalue weighted by atomic mass is 79.9. The van der Waals surface area contributed by atoms with Crippen molar-refractivity contribution in [3.63, 3.8) is 0 Å². The molecule has 5 rings (SSSR count). The van der Waals surface area contributed by atoms with Crippen LogP contribution in [0.1, 0.15) is 23.2 Å². The summed E-state index contributed by atoms with van der Waals surface area (Å²) in [6.45, 7) is 1.16. The number of halogens is 1. The molecule has 0 unspecified atom stereocenters. The Balaban J connectivity index is 1.24. The number of anilines is 1. The van der Waals surface area contributed by atoms with Gasteiger partial charge in [-0.2, -0.15) is 0 Å². The van der Waals surface area contributed by atoms with Crippen LogP contribution >= 0.6 is 27.3 Å². The number of fused-ring (bicyclic) bond motifs is 3. The molecule has 2 amide bonds. The Bertz CT molecular complexity index is 1280. The Hall–Kier alpha value is -2.77. The average Bonchev–Trinajstić information content (AvgIpc) is 3.22. The Morgan fingerprint density at radius 1 is 1.00 bits per heavy atom. The van der Waals surface area contributed by atoms with Crippen molar-refractivity contribution < 1.29 is 9.59 Å². The molecule has 0 radical (unpaired) electrons. The van der Waals surface area contributed by atoms with Gasteiger partial charge in [0.05, 0.1) is 10.2 Å². The van der Waals surface area contributed by atoms with E-state index in [4.69, 9.17) is 0 Å². The number of thiazole rings is 1. The molecule has 1 fully saturated rings. The van der Waals surface area contributed by atoms with Crippen LogP contribution in [0.3, 0.4) is 0 Å². The number of likely N-dealkylation sites (tertiary alicyclic amines) is 1. The topological polar surface area (TPSA) is 62.3 Å². The minimum absolute atomic E-state index is 0.0147. The number of hydrogen-bond donors (Lipinski definition) is 1. The molecule has 1 aliphatic heterocycles. The summed E-state index contributed by atoms with van der Waals surface area (Å²) in [5, 5.41) is 5.87. The Kier molecular flexibility index (Phi) is 5.46. The SMILES string of the molecule is O=C(Nc1nc2c(ccc3ccccc32)s1)C1CCN(C(=O)c2ccc(Br)cc2)CC1. The number of carbonyl (C=O) groups is 2. The normalized spacial score (nSPS) is 14.8. The van der Waals surface area contributed by atoms with Crippen molar-refractivity contribution >= 4 is 65.2 Å². The lowest BCUT2D eigenvalue weighted by atomic mass is 9.95. The smallest absolute Gasteiger partial charge is 0.253 e. The number of benzene rings is 3. The van der Waals surface area contributed by atoms with Gasteiger partial charge in [-0.25, -0.2) is 4.98 Å². The maximum absolute atomic E-state index is 12.8. The summed E-state index contributed by atoms with van der Waals surface area (Å²) in [4.78, 5) is 32.0. The van der Waals surface area contributed by atoms with Gasteiger partial charge in [-0.1, -0.05) is 57.6 Å². The summed E-state index contributed by atoms with van der Waals surface area (Å²) in [5.41, 5.74) is 1.60. The number of amides is 2. The highest BCUT2D eigenvalue weighted by molar-refractivity contribution is 9.10. The van der Waals surface area contributed by atoms with Gasteiger partial charge in [0, 0.05) is 34.4 Å². The maximum atomic E-state index is 12.8. The molecule has 0 bridgehead atoms. The minimum Gasteiger partial charge on any atom is -0.339 e. The first-order chi connectivity index (χ1) is 15.1. The van der Waals surface area contributed by atoms with Gasteiger partial charge < -0.3 is 10.2 Å². The summed E-state index contributed by atoms with van der Waals surface area (Å²) in [7, 11) is 0. The largest absolute Gasteiger partial charge is 0.339 e. The Morgan fingerprint density at radius 2 is 1.74 bits per heavy atom. The van der Waals surface area contributed by atoms with Crippen LogP contribution in [0.25, 0.3) is 21.0 Å². The molecule has 0 saturated carbocycles. The van der Waals surface area contributed by atoms with Crippen molar-refractivity contribution in [2.45, 2.75) is 12.8 Å². The van der Waals surface area contributed by atoms with E-state index >= 15 is 0 Å². The van der Waals surface area contributed by atoms with Crippen LogP contribution in [-0.2, 0) is 4.79 Å². The van der Waals surface area contributed by atoms with Crippen LogP contribution < -0.4 is 5.32 Å². The Morgan fingerprint density at radius 3 is 2.52 bits per heavy atom. The van der Waals surface area contributed by atoms with Crippen molar-refractivity contribution in [1.29, 1.82) is 0 Å². The summed E-state index contributed by atoms with van der Waals surface area (Å²) in [6.07, 6.45) is 1.31. The molecule has 156 valence electrons. The fraction of sp³-hybridized carbons (Fsp3) is 0.208. The number of nitrogens with zero attached hydrogens (tertiary/aromatic N) is 2. The molecule has 7 heteroatoms. The third kappa shape index (κ3) is 4.07. The van der Waals surface area contributed by atoms with E-state index in [2.05, 4.69) is 50.5 Å². The van der Waals surface area contributed by atoms with Crippen LogP contribution in [0, 0.1) is 5.92 Å². The quantitative estimate of drug-likeness (QED) is 0.397. The van der Waals surface area contributed by atoms with E-state index in [-0.39, 0.29) is 17.7 Å². The number of carbonyl (C=O) groups excluding carboxylic acids is 2. The summed E-state index contributed by atoms with van der Waals surface area (Å²) in [5.74, 6) is -0.110. The van der Waals surface area contributed by atoms with Gasteiger partial charge >= 0.3 is 0 Å². The second-order valence-electron chi connectivity index (χ2n) is 7.72. The summed E-state index contributed by atoms with van der Waals surface area (Å²) >= 11 is 4.89. The van der Waals surface area contributed by atoms with Crippen LogP contribution in [0.2, 0.25) is 0 Å². The van der Waals surface area contributed by atoms with Crippen molar-refractivity contribution in [3.05, 3.63) is 70.7 Å². The van der Waals surface area contributed by atoms with E-state index in [9.17, 15) is 9.59 Å². The lowest BCUT2D eigenvalue weighted by Crippen LogP contribution is -2.41. The fourth-order valence-electron chi connectivity index (χ4n) is 4.04. The standard InChI is InChI=1S/C24H20BrN3O2S/c25-18-8-5-17(6-9-18)23(30)28-13-11-16(12-14-28)22(29)27-24-26-21-19-4-2-1-3-15(19)7-10-20(21)31-24/h1-10,16H,11-14H2,(H,26,27,29). The zero-order chi connectivity index (χ0) is 21.4. The zero-order valence-electron chi connectivity index (χ0n) is 16.7. The first-order valence-electron chi connectivity index (χ1n) is 10.2. The number of aromatic nitrogens is 1. The zero-order valence-corrected chi connectivity index (χ0v) is 19.1. The monoisotopic (exact) mass is 493 g/mol. The van der Waals surface area contributed by atoms with Gasteiger partial charge in [-0.15, -0.1) is 0 Å². The molecule has 1 N–H and O–H groups in total. The van der Waals surface area contributed by atoms with E-state index in [1.807, 2.05) is 41.3 Å². The van der Waals surface area contributed by atoms with Crippen LogP contribution in [0.15, 0.2) is 65.1 Å².